The Morgan fingerprint density at radius 2 is 1.58 bits per heavy atom. The van der Waals surface area contributed by atoms with Crippen molar-refractivity contribution in [1.82, 2.24) is 20.1 Å². The fourth-order valence-corrected chi connectivity index (χ4v) is 5.57. The molecule has 8 heteroatoms. The molecule has 0 atom stereocenters. The van der Waals surface area contributed by atoms with Gasteiger partial charge in [0.25, 0.3) is 5.91 Å². The fourth-order valence-electron chi connectivity index (χ4n) is 4.03. The molecular weight excluding hydrogens is 535 g/mol. The Morgan fingerprint density at radius 1 is 0.868 bits per heavy atom. The first-order valence-corrected chi connectivity index (χ1v) is 13.7. The zero-order chi connectivity index (χ0) is 26.5. The Bertz CT molecular complexity index is 1570. The minimum absolute atomic E-state index is 0.177. The van der Waals surface area contributed by atoms with Crippen molar-refractivity contribution in [1.29, 1.82) is 0 Å². The van der Waals surface area contributed by atoms with Gasteiger partial charge in [0.05, 0.1) is 17.3 Å². The smallest absolute Gasteiger partial charge is 0.251 e. The van der Waals surface area contributed by atoms with E-state index in [-0.39, 0.29) is 12.5 Å². The first-order valence-electron chi connectivity index (χ1n) is 12.0. The summed E-state index contributed by atoms with van der Waals surface area (Å²) in [5.74, 6) is 1.09. The Hall–Kier alpha value is -3.58. The average Bonchev–Trinajstić information content (AvgIpc) is 3.34. The summed E-state index contributed by atoms with van der Waals surface area (Å²) >= 11 is 14.3. The molecule has 1 aromatic heterocycles. The first kappa shape index (κ1) is 26.0. The zero-order valence-corrected chi connectivity index (χ0v) is 22.9. The molecule has 1 N–H and O–H groups in total. The maximum atomic E-state index is 13.0. The number of aromatic nitrogens is 3. The van der Waals surface area contributed by atoms with Crippen molar-refractivity contribution >= 4 is 40.9 Å². The molecule has 38 heavy (non-hydrogen) atoms. The lowest BCUT2D eigenvalue weighted by Crippen LogP contribution is -2.24. The lowest BCUT2D eigenvalue weighted by Gasteiger charge is -2.13. The van der Waals surface area contributed by atoms with Gasteiger partial charge in [0.15, 0.2) is 11.0 Å². The van der Waals surface area contributed by atoms with Crippen LogP contribution in [0.25, 0.3) is 16.8 Å². The van der Waals surface area contributed by atoms with Crippen LogP contribution in [-0.2, 0) is 12.3 Å². The molecule has 0 saturated heterocycles. The summed E-state index contributed by atoms with van der Waals surface area (Å²) in [6.07, 6.45) is 0. The van der Waals surface area contributed by atoms with Gasteiger partial charge in [-0.2, -0.15) is 0 Å². The second-order valence-corrected chi connectivity index (χ2v) is 10.5. The number of benzene rings is 4. The van der Waals surface area contributed by atoms with E-state index in [1.54, 1.807) is 23.9 Å². The molecule has 0 unspecified atom stereocenters. The lowest BCUT2D eigenvalue weighted by molar-refractivity contribution is 0.0949. The number of carbonyl (C=O) groups excluding carboxylic acids is 1. The summed E-state index contributed by atoms with van der Waals surface area (Å²) in [7, 11) is 0. The Balaban J connectivity index is 1.36. The van der Waals surface area contributed by atoms with E-state index in [1.807, 2.05) is 77.4 Å². The molecule has 0 aliphatic rings. The molecule has 0 aliphatic heterocycles. The van der Waals surface area contributed by atoms with Crippen LogP contribution >= 0.6 is 35.0 Å². The molecule has 0 saturated carbocycles. The molecule has 1 amide bonds. The van der Waals surface area contributed by atoms with Crippen molar-refractivity contribution < 1.29 is 4.79 Å². The van der Waals surface area contributed by atoms with Crippen molar-refractivity contribution in [2.75, 3.05) is 0 Å². The first-order chi connectivity index (χ1) is 18.5. The monoisotopic (exact) mass is 558 g/mol. The summed E-state index contributed by atoms with van der Waals surface area (Å²) in [6, 6.07) is 31.1. The standard InChI is InChI=1S/C30H24Cl2N4OS/c1-20-7-5-6-10-24(20)19-38-30-35-34-28(36(30)27-16-15-25(31)17-26(27)32)18-33-29(37)23-13-11-22(12-14-23)21-8-3-2-4-9-21/h2-17H,18-19H2,1H3,(H,33,37). The van der Waals surface area contributed by atoms with Crippen molar-refractivity contribution in [3.8, 4) is 16.8 Å². The van der Waals surface area contributed by atoms with Gasteiger partial charge < -0.3 is 5.32 Å². The second kappa shape index (κ2) is 11.9. The molecule has 0 bridgehead atoms. The van der Waals surface area contributed by atoms with E-state index in [9.17, 15) is 4.79 Å². The topological polar surface area (TPSA) is 59.8 Å². The molecule has 4 aromatic carbocycles. The predicted octanol–water partition coefficient (Wildman–Crippen LogP) is 7.77. The van der Waals surface area contributed by atoms with Crippen LogP contribution in [0.2, 0.25) is 10.0 Å². The van der Waals surface area contributed by atoms with E-state index in [2.05, 4.69) is 34.6 Å². The normalized spacial score (nSPS) is 10.9. The van der Waals surface area contributed by atoms with Gasteiger partial charge in [0, 0.05) is 16.3 Å². The van der Waals surface area contributed by atoms with Gasteiger partial charge in [-0.05, 0) is 59.5 Å². The third kappa shape index (κ3) is 5.94. The van der Waals surface area contributed by atoms with E-state index in [0.29, 0.717) is 32.3 Å². The van der Waals surface area contributed by atoms with Gasteiger partial charge >= 0.3 is 0 Å². The number of hydrogen-bond donors (Lipinski definition) is 1. The zero-order valence-electron chi connectivity index (χ0n) is 20.6. The van der Waals surface area contributed by atoms with Crippen LogP contribution in [0.15, 0.2) is 102 Å². The number of nitrogens with zero attached hydrogens (tertiary/aromatic N) is 3. The highest BCUT2D eigenvalue weighted by Crippen LogP contribution is 2.31. The summed E-state index contributed by atoms with van der Waals surface area (Å²) in [4.78, 5) is 13.0. The van der Waals surface area contributed by atoms with E-state index >= 15 is 0 Å². The minimum atomic E-state index is -0.199. The number of hydrogen-bond acceptors (Lipinski definition) is 4. The molecule has 0 fully saturated rings. The molecule has 1 heterocycles. The van der Waals surface area contributed by atoms with Crippen molar-refractivity contribution in [3.05, 3.63) is 130 Å². The number of thioether (sulfide) groups is 1. The van der Waals surface area contributed by atoms with Crippen LogP contribution in [-0.4, -0.2) is 20.7 Å². The maximum Gasteiger partial charge on any atom is 0.251 e. The Morgan fingerprint density at radius 3 is 2.32 bits per heavy atom. The summed E-state index contributed by atoms with van der Waals surface area (Å²) in [5.41, 5.74) is 5.83. The van der Waals surface area contributed by atoms with E-state index < -0.39 is 0 Å². The van der Waals surface area contributed by atoms with Gasteiger partial charge in [-0.25, -0.2) is 0 Å². The van der Waals surface area contributed by atoms with Crippen molar-refractivity contribution in [3.63, 3.8) is 0 Å². The molecule has 0 aliphatic carbocycles. The number of aryl methyl sites for hydroxylation is 1. The van der Waals surface area contributed by atoms with E-state index in [1.165, 1.54) is 11.1 Å². The number of amides is 1. The van der Waals surface area contributed by atoms with Gasteiger partial charge in [-0.15, -0.1) is 10.2 Å². The number of rotatable bonds is 8. The third-order valence-electron chi connectivity index (χ3n) is 6.13. The molecule has 190 valence electrons. The van der Waals surface area contributed by atoms with Gasteiger partial charge in [0.1, 0.15) is 0 Å². The SMILES string of the molecule is Cc1ccccc1CSc1nnc(CNC(=O)c2ccc(-c3ccccc3)cc2)n1-c1ccc(Cl)cc1Cl. The fraction of sp³-hybridized carbons (Fsp3) is 0.100. The summed E-state index contributed by atoms with van der Waals surface area (Å²) in [5, 5.41) is 13.5. The van der Waals surface area contributed by atoms with Gasteiger partial charge in [0.2, 0.25) is 0 Å². The molecule has 5 aromatic rings. The molecular formula is C30H24Cl2N4OS. The van der Waals surface area contributed by atoms with Crippen LogP contribution in [0.4, 0.5) is 0 Å². The highest BCUT2D eigenvalue weighted by Gasteiger charge is 2.18. The number of halogens is 2. The lowest BCUT2D eigenvalue weighted by atomic mass is 10.0. The van der Waals surface area contributed by atoms with Gasteiger partial charge in [-0.1, -0.05) is 102 Å². The quantitative estimate of drug-likeness (QED) is 0.197. The van der Waals surface area contributed by atoms with Crippen LogP contribution in [0.3, 0.4) is 0 Å². The second-order valence-electron chi connectivity index (χ2n) is 8.67. The van der Waals surface area contributed by atoms with Crippen LogP contribution in [0.5, 0.6) is 0 Å². The molecule has 5 rings (SSSR count). The van der Waals surface area contributed by atoms with Gasteiger partial charge in [-0.3, -0.25) is 9.36 Å². The van der Waals surface area contributed by atoms with Crippen molar-refractivity contribution in [2.24, 2.45) is 0 Å². The molecule has 0 radical (unpaired) electrons. The summed E-state index contributed by atoms with van der Waals surface area (Å²) < 4.78 is 1.88. The summed E-state index contributed by atoms with van der Waals surface area (Å²) in [6.45, 7) is 2.26. The molecule has 5 nitrogen and oxygen atoms in total. The average molecular weight is 560 g/mol. The number of nitrogens with one attached hydrogen (secondary N) is 1. The van der Waals surface area contributed by atoms with Crippen LogP contribution < -0.4 is 5.32 Å². The minimum Gasteiger partial charge on any atom is -0.345 e. The molecule has 0 spiro atoms. The van der Waals surface area contributed by atoms with Crippen LogP contribution in [0.1, 0.15) is 27.3 Å². The van der Waals surface area contributed by atoms with Crippen molar-refractivity contribution in [2.45, 2.75) is 24.4 Å². The predicted molar refractivity (Wildman–Crippen MR) is 155 cm³/mol. The maximum absolute atomic E-state index is 13.0. The highest BCUT2D eigenvalue weighted by atomic mass is 35.5. The Kier molecular flexibility index (Phi) is 8.13. The largest absolute Gasteiger partial charge is 0.345 e. The van der Waals surface area contributed by atoms with E-state index in [4.69, 9.17) is 23.2 Å². The van der Waals surface area contributed by atoms with Crippen LogP contribution in [0, 0.1) is 6.92 Å². The van der Waals surface area contributed by atoms with E-state index in [0.717, 1.165) is 16.9 Å². The highest BCUT2D eigenvalue weighted by molar-refractivity contribution is 7.98. The third-order valence-corrected chi connectivity index (χ3v) is 7.65. The Labute approximate surface area is 235 Å². The number of carbonyl (C=O) groups is 1.